The number of halogens is 1. The highest BCUT2D eigenvalue weighted by atomic mass is 32.2. The van der Waals surface area contributed by atoms with Crippen LogP contribution >= 0.6 is 23.1 Å². The van der Waals surface area contributed by atoms with E-state index in [1.165, 1.54) is 35.2 Å². The Labute approximate surface area is 163 Å². The van der Waals surface area contributed by atoms with Crippen LogP contribution in [0.2, 0.25) is 0 Å². The number of nitrogens with zero attached hydrogens (tertiary/aromatic N) is 1. The lowest BCUT2D eigenvalue weighted by molar-refractivity contribution is -0.119. The molecular weight excluding hydrogens is 387 g/mol. The van der Waals surface area contributed by atoms with Gasteiger partial charge < -0.3 is 4.74 Å². The molecule has 8 heteroatoms. The number of anilines is 1. The Hall–Kier alpha value is -2.71. The van der Waals surface area contributed by atoms with Gasteiger partial charge >= 0.3 is 5.97 Å². The number of amides is 1. The number of hydrogen-bond donors (Lipinski definition) is 1. The Morgan fingerprint density at radius 2 is 1.93 bits per heavy atom. The number of carbonyl (C=O) groups excluding carboxylic acids is 2. The fraction of sp³-hybridized carbons (Fsp3) is 0.105. The van der Waals surface area contributed by atoms with Gasteiger partial charge in [0, 0.05) is 15.8 Å². The molecule has 0 saturated heterocycles. The molecule has 5 nitrogen and oxygen atoms in total. The summed E-state index contributed by atoms with van der Waals surface area (Å²) >= 11 is 2.66. The van der Waals surface area contributed by atoms with E-state index in [9.17, 15) is 14.0 Å². The Bertz CT molecular complexity index is 958. The average Bonchev–Trinajstić information content (AvgIpc) is 3.15. The van der Waals surface area contributed by atoms with Crippen LogP contribution in [0.4, 0.5) is 9.52 Å². The van der Waals surface area contributed by atoms with E-state index in [4.69, 9.17) is 4.74 Å². The predicted molar refractivity (Wildman–Crippen MR) is 105 cm³/mol. The van der Waals surface area contributed by atoms with Gasteiger partial charge in [-0.15, -0.1) is 23.1 Å². The molecule has 0 bridgehead atoms. The van der Waals surface area contributed by atoms with Crippen molar-refractivity contribution in [1.29, 1.82) is 0 Å². The predicted octanol–water partition coefficient (Wildman–Crippen LogP) is 4.47. The van der Waals surface area contributed by atoms with Gasteiger partial charge in [-0.25, -0.2) is 14.2 Å². The minimum atomic E-state index is -0.554. The van der Waals surface area contributed by atoms with Crippen molar-refractivity contribution in [3.05, 3.63) is 65.3 Å². The first-order valence-corrected chi connectivity index (χ1v) is 9.98. The molecule has 1 aromatic heterocycles. The molecule has 0 atom stereocenters. The lowest BCUT2D eigenvalue weighted by Gasteiger charge is -2.07. The van der Waals surface area contributed by atoms with E-state index in [-0.39, 0.29) is 5.82 Å². The molecule has 1 heterocycles. The van der Waals surface area contributed by atoms with Crippen LogP contribution < -0.4 is 5.32 Å². The highest BCUT2D eigenvalue weighted by Crippen LogP contribution is 2.25. The summed E-state index contributed by atoms with van der Waals surface area (Å²) in [6.07, 6.45) is 1.86. The number of hydrogen-bond acceptors (Lipinski definition) is 6. The third kappa shape index (κ3) is 4.93. The molecule has 0 saturated carbocycles. The Morgan fingerprint density at radius 1 is 1.19 bits per heavy atom. The van der Waals surface area contributed by atoms with Gasteiger partial charge in [-0.05, 0) is 42.7 Å². The minimum Gasteiger partial charge on any atom is -0.452 e. The number of nitrogens with one attached hydrogen (secondary N) is 1. The molecule has 0 spiro atoms. The summed E-state index contributed by atoms with van der Waals surface area (Å²) in [5.41, 5.74) is 1.79. The van der Waals surface area contributed by atoms with Gasteiger partial charge in [0.1, 0.15) is 5.82 Å². The first kappa shape index (κ1) is 19.1. The monoisotopic (exact) mass is 402 g/mol. The number of esters is 1. The number of rotatable bonds is 6. The number of thiazole rings is 1. The molecule has 1 N–H and O–H groups in total. The van der Waals surface area contributed by atoms with Gasteiger partial charge in [-0.1, -0.05) is 12.1 Å². The van der Waals surface area contributed by atoms with Crippen molar-refractivity contribution >= 4 is 40.1 Å². The van der Waals surface area contributed by atoms with Crippen LogP contribution in [0.15, 0.2) is 58.8 Å². The molecule has 2 aromatic carbocycles. The van der Waals surface area contributed by atoms with Gasteiger partial charge in [-0.2, -0.15) is 0 Å². The summed E-state index contributed by atoms with van der Waals surface area (Å²) in [7, 11) is 0. The van der Waals surface area contributed by atoms with Crippen LogP contribution in [-0.4, -0.2) is 29.7 Å². The maximum atomic E-state index is 13.0. The van der Waals surface area contributed by atoms with E-state index < -0.39 is 18.5 Å². The summed E-state index contributed by atoms with van der Waals surface area (Å²) in [6, 6.07) is 13.0. The standard InChI is InChI=1S/C19H15FN2O3S2/c1-26-16-5-3-2-4-14(16)18(24)25-10-17(23)22-19-21-15(11-27-19)12-6-8-13(20)9-7-12/h2-9,11H,10H2,1H3,(H,21,22,23). The maximum Gasteiger partial charge on any atom is 0.339 e. The van der Waals surface area contributed by atoms with Crippen LogP contribution in [0.1, 0.15) is 10.4 Å². The zero-order valence-electron chi connectivity index (χ0n) is 14.3. The molecule has 0 aliphatic rings. The van der Waals surface area contributed by atoms with Crippen LogP contribution in [0.5, 0.6) is 0 Å². The highest BCUT2D eigenvalue weighted by molar-refractivity contribution is 7.98. The number of benzene rings is 2. The second kappa shape index (κ2) is 8.79. The second-order valence-corrected chi connectivity index (χ2v) is 7.08. The first-order chi connectivity index (χ1) is 13.1. The van der Waals surface area contributed by atoms with Crippen molar-refractivity contribution in [3.63, 3.8) is 0 Å². The van der Waals surface area contributed by atoms with Crippen LogP contribution in [-0.2, 0) is 9.53 Å². The first-order valence-electron chi connectivity index (χ1n) is 7.88. The molecule has 27 heavy (non-hydrogen) atoms. The third-order valence-corrected chi connectivity index (χ3v) is 5.11. The molecule has 0 unspecified atom stereocenters. The topological polar surface area (TPSA) is 68.3 Å². The number of ether oxygens (including phenoxy) is 1. The number of thioether (sulfide) groups is 1. The van der Waals surface area contributed by atoms with Crippen molar-refractivity contribution in [2.45, 2.75) is 4.90 Å². The minimum absolute atomic E-state index is 0.327. The molecule has 0 radical (unpaired) electrons. The van der Waals surface area contributed by atoms with Gasteiger partial charge in [0.25, 0.3) is 5.91 Å². The normalized spacial score (nSPS) is 10.4. The Kier molecular flexibility index (Phi) is 6.20. The third-order valence-electron chi connectivity index (χ3n) is 3.55. The molecule has 138 valence electrons. The molecule has 0 fully saturated rings. The molecule has 3 rings (SSSR count). The van der Waals surface area contributed by atoms with Crippen molar-refractivity contribution < 1.29 is 18.7 Å². The van der Waals surface area contributed by atoms with E-state index in [0.29, 0.717) is 16.4 Å². The molecule has 0 aliphatic carbocycles. The summed E-state index contributed by atoms with van der Waals surface area (Å²) in [5, 5.41) is 4.72. The molecule has 1 amide bonds. The van der Waals surface area contributed by atoms with Gasteiger partial charge in [0.2, 0.25) is 0 Å². The summed E-state index contributed by atoms with van der Waals surface area (Å²) in [6.45, 7) is -0.410. The van der Waals surface area contributed by atoms with Crippen molar-refractivity contribution in [1.82, 2.24) is 4.98 Å². The van der Waals surface area contributed by atoms with Crippen LogP contribution in [0.3, 0.4) is 0 Å². The van der Waals surface area contributed by atoms with E-state index in [1.54, 1.807) is 29.6 Å². The van der Waals surface area contributed by atoms with Crippen molar-refractivity contribution in [2.75, 3.05) is 18.2 Å². The lowest BCUT2D eigenvalue weighted by atomic mass is 10.2. The fourth-order valence-electron chi connectivity index (χ4n) is 2.26. The number of aromatic nitrogens is 1. The SMILES string of the molecule is CSc1ccccc1C(=O)OCC(=O)Nc1nc(-c2ccc(F)cc2)cs1. The molecule has 3 aromatic rings. The highest BCUT2D eigenvalue weighted by Gasteiger charge is 2.15. The fourth-order valence-corrected chi connectivity index (χ4v) is 3.58. The average molecular weight is 402 g/mol. The van der Waals surface area contributed by atoms with E-state index in [1.807, 2.05) is 18.4 Å². The molecule has 0 aliphatic heterocycles. The zero-order valence-corrected chi connectivity index (χ0v) is 15.9. The van der Waals surface area contributed by atoms with Crippen LogP contribution in [0.25, 0.3) is 11.3 Å². The van der Waals surface area contributed by atoms with Gasteiger partial charge in [0.05, 0.1) is 11.3 Å². The largest absolute Gasteiger partial charge is 0.452 e. The lowest BCUT2D eigenvalue weighted by Crippen LogP contribution is -2.21. The Morgan fingerprint density at radius 3 is 2.67 bits per heavy atom. The van der Waals surface area contributed by atoms with Gasteiger partial charge in [0.15, 0.2) is 11.7 Å². The summed E-state index contributed by atoms with van der Waals surface area (Å²) in [4.78, 5) is 29.2. The maximum absolute atomic E-state index is 13.0. The smallest absolute Gasteiger partial charge is 0.339 e. The quantitative estimate of drug-likeness (QED) is 0.487. The second-order valence-electron chi connectivity index (χ2n) is 5.37. The summed E-state index contributed by atoms with van der Waals surface area (Å²) < 4.78 is 18.1. The van der Waals surface area contributed by atoms with Gasteiger partial charge in [-0.3, -0.25) is 10.1 Å². The van der Waals surface area contributed by atoms with E-state index >= 15 is 0 Å². The van der Waals surface area contributed by atoms with Crippen molar-refractivity contribution in [2.24, 2.45) is 0 Å². The molecular formula is C19H15FN2O3S2. The van der Waals surface area contributed by atoms with E-state index in [0.717, 1.165) is 10.5 Å². The Balaban J connectivity index is 1.57. The number of carbonyl (C=O) groups is 2. The van der Waals surface area contributed by atoms with E-state index in [2.05, 4.69) is 10.3 Å². The summed E-state index contributed by atoms with van der Waals surface area (Å²) in [5.74, 6) is -1.36. The zero-order chi connectivity index (χ0) is 19.2. The van der Waals surface area contributed by atoms with Crippen LogP contribution in [0, 0.1) is 5.82 Å². The van der Waals surface area contributed by atoms with Crippen molar-refractivity contribution in [3.8, 4) is 11.3 Å².